The van der Waals surface area contributed by atoms with E-state index in [4.69, 9.17) is 15.0 Å². The Morgan fingerprint density at radius 3 is 2.29 bits per heavy atom. The zero-order chi connectivity index (χ0) is 28.5. The normalized spacial score (nSPS) is 14.9. The lowest BCUT2D eigenvalue weighted by molar-refractivity contribution is 0.882. The van der Waals surface area contributed by atoms with Gasteiger partial charge in [-0.15, -0.1) is 0 Å². The molecule has 0 amide bonds. The molecule has 2 aliphatic carbocycles. The molecule has 0 radical (unpaired) electrons. The summed E-state index contributed by atoms with van der Waals surface area (Å²) in [5.41, 5.74) is 10.9. The van der Waals surface area contributed by atoms with Gasteiger partial charge in [0, 0.05) is 16.7 Å². The largest absolute Gasteiger partial charge is 0.208 e. The van der Waals surface area contributed by atoms with Crippen molar-refractivity contribution in [2.75, 3.05) is 0 Å². The van der Waals surface area contributed by atoms with E-state index in [1.54, 1.807) is 0 Å². The van der Waals surface area contributed by atoms with Crippen LogP contribution in [0.15, 0.2) is 120 Å². The van der Waals surface area contributed by atoms with E-state index in [1.807, 2.05) is 0 Å². The molecule has 0 aliphatic heterocycles. The number of rotatable bonds is 5. The molecule has 42 heavy (non-hydrogen) atoms. The maximum absolute atomic E-state index is 5.14. The molecule has 204 valence electrons. The highest BCUT2D eigenvalue weighted by Crippen LogP contribution is 2.38. The lowest BCUT2D eigenvalue weighted by Crippen LogP contribution is -2.08. The minimum Gasteiger partial charge on any atom is -0.208 e. The number of hydrogen-bond donors (Lipinski definition) is 0. The Hall–Kier alpha value is -4.89. The molecule has 0 spiro atoms. The second-order valence-electron chi connectivity index (χ2n) is 11.0. The number of allylic oxidation sites excluding steroid dienone is 7. The van der Waals surface area contributed by atoms with Crippen molar-refractivity contribution in [3.8, 4) is 33.9 Å². The Labute approximate surface area is 247 Å². The van der Waals surface area contributed by atoms with Gasteiger partial charge in [0.05, 0.1) is 0 Å². The summed E-state index contributed by atoms with van der Waals surface area (Å²) in [5.74, 6) is 2.18. The smallest absolute Gasteiger partial charge is 0.164 e. The van der Waals surface area contributed by atoms with Crippen molar-refractivity contribution in [3.05, 3.63) is 137 Å². The fourth-order valence-corrected chi connectivity index (χ4v) is 6.26. The summed E-state index contributed by atoms with van der Waals surface area (Å²) in [4.78, 5) is 15.4. The second kappa shape index (κ2) is 11.2. The van der Waals surface area contributed by atoms with Gasteiger partial charge in [-0.3, -0.25) is 0 Å². The first-order valence-electron chi connectivity index (χ1n) is 14.9. The Kier molecular flexibility index (Phi) is 6.93. The third kappa shape index (κ3) is 4.81. The molecule has 1 heterocycles. The van der Waals surface area contributed by atoms with Gasteiger partial charge in [-0.05, 0) is 83.7 Å². The molecule has 0 unspecified atom stereocenters. The van der Waals surface area contributed by atoms with Crippen LogP contribution in [0.2, 0.25) is 0 Å². The quantitative estimate of drug-likeness (QED) is 0.221. The third-order valence-corrected chi connectivity index (χ3v) is 8.37. The molecule has 0 saturated carbocycles. The lowest BCUT2D eigenvalue weighted by atomic mass is 9.84. The zero-order valence-corrected chi connectivity index (χ0v) is 24.1. The standard InChI is InChI=1S/C39H33N3/c1-3-11-31-26(2)12-8-19-32(31)29-22-24-30(25-23-29)37-40-38(35-20-9-15-27-13-4-6-17-33(27)35)42-39(41-37)36-21-10-16-28-14-5-7-18-34(28)36/h3-6,8-9,11-15,17,19-25H,7,10,16,18H2,1-2H3/b11-3-. The maximum atomic E-state index is 5.14. The fraction of sp³-hybridized carbons (Fsp3) is 0.154. The van der Waals surface area contributed by atoms with E-state index in [9.17, 15) is 0 Å². The molecule has 0 bridgehead atoms. The van der Waals surface area contributed by atoms with Crippen LogP contribution >= 0.6 is 0 Å². The van der Waals surface area contributed by atoms with Crippen LogP contribution in [0.25, 0.3) is 56.3 Å². The van der Waals surface area contributed by atoms with Crippen LogP contribution < -0.4 is 0 Å². The van der Waals surface area contributed by atoms with Gasteiger partial charge >= 0.3 is 0 Å². The molecule has 0 atom stereocenters. The van der Waals surface area contributed by atoms with Gasteiger partial charge < -0.3 is 0 Å². The molecular weight excluding hydrogens is 510 g/mol. The van der Waals surface area contributed by atoms with Gasteiger partial charge in [-0.1, -0.05) is 115 Å². The average Bonchev–Trinajstić information content (AvgIpc) is 3.05. The van der Waals surface area contributed by atoms with Crippen molar-refractivity contribution in [3.63, 3.8) is 0 Å². The van der Waals surface area contributed by atoms with E-state index in [1.165, 1.54) is 38.8 Å². The summed E-state index contributed by atoms with van der Waals surface area (Å²) >= 11 is 0. The topological polar surface area (TPSA) is 38.7 Å². The molecule has 0 saturated heterocycles. The van der Waals surface area contributed by atoms with Gasteiger partial charge in [0.25, 0.3) is 0 Å². The van der Waals surface area contributed by atoms with Crippen molar-refractivity contribution in [1.82, 2.24) is 15.0 Å². The number of aryl methyl sites for hydroxylation is 1. The summed E-state index contributed by atoms with van der Waals surface area (Å²) in [6.07, 6.45) is 15.4. The number of benzene rings is 4. The molecule has 1 aromatic heterocycles. The first-order chi connectivity index (χ1) is 20.7. The highest BCUT2D eigenvalue weighted by atomic mass is 15.0. The zero-order valence-electron chi connectivity index (χ0n) is 24.1. The van der Waals surface area contributed by atoms with Crippen LogP contribution in [0, 0.1) is 6.92 Å². The fourth-order valence-electron chi connectivity index (χ4n) is 6.26. The minimum atomic E-state index is 0.701. The Morgan fingerprint density at radius 2 is 1.40 bits per heavy atom. The molecule has 2 aliphatic rings. The van der Waals surface area contributed by atoms with Gasteiger partial charge in [-0.2, -0.15) is 0 Å². The monoisotopic (exact) mass is 543 g/mol. The van der Waals surface area contributed by atoms with Crippen molar-refractivity contribution in [2.24, 2.45) is 0 Å². The molecule has 5 aromatic rings. The summed E-state index contributed by atoms with van der Waals surface area (Å²) < 4.78 is 0. The van der Waals surface area contributed by atoms with Crippen molar-refractivity contribution >= 4 is 22.4 Å². The lowest BCUT2D eigenvalue weighted by Gasteiger charge is -2.22. The Morgan fingerprint density at radius 1 is 0.667 bits per heavy atom. The van der Waals surface area contributed by atoms with E-state index < -0.39 is 0 Å². The summed E-state index contributed by atoms with van der Waals surface area (Å²) in [5, 5.41) is 2.32. The second-order valence-corrected chi connectivity index (χ2v) is 11.0. The summed E-state index contributed by atoms with van der Waals surface area (Å²) in [6.45, 7) is 4.23. The highest BCUT2D eigenvalue weighted by molar-refractivity contribution is 5.95. The van der Waals surface area contributed by atoms with Crippen molar-refractivity contribution in [2.45, 2.75) is 39.5 Å². The Bertz CT molecular complexity index is 1930. The predicted molar refractivity (Wildman–Crippen MR) is 176 cm³/mol. The molecule has 0 fully saturated rings. The SMILES string of the molecule is C/C=C\c1c(C)cccc1-c1ccc(-c2nc(C3=CCCC4=C3CCC=C4)nc(-c3cccc4ccccc34)n2)cc1. The van der Waals surface area contributed by atoms with E-state index in [2.05, 4.69) is 129 Å². The van der Waals surface area contributed by atoms with Crippen LogP contribution in [0.3, 0.4) is 0 Å². The van der Waals surface area contributed by atoms with Crippen LogP contribution in [0.4, 0.5) is 0 Å². The number of hydrogen-bond acceptors (Lipinski definition) is 3. The van der Waals surface area contributed by atoms with E-state index in [-0.39, 0.29) is 0 Å². The van der Waals surface area contributed by atoms with Gasteiger partial charge in [-0.25, -0.2) is 15.0 Å². The van der Waals surface area contributed by atoms with Crippen LogP contribution in [-0.4, -0.2) is 15.0 Å². The molecule has 3 nitrogen and oxygen atoms in total. The van der Waals surface area contributed by atoms with E-state index in [0.29, 0.717) is 11.6 Å². The molecule has 7 rings (SSSR count). The number of nitrogens with zero attached hydrogens (tertiary/aromatic N) is 3. The molecule has 0 N–H and O–H groups in total. The van der Waals surface area contributed by atoms with Gasteiger partial charge in [0.15, 0.2) is 17.5 Å². The van der Waals surface area contributed by atoms with Crippen molar-refractivity contribution < 1.29 is 0 Å². The van der Waals surface area contributed by atoms with Crippen LogP contribution in [0.1, 0.15) is 49.6 Å². The van der Waals surface area contributed by atoms with Gasteiger partial charge in [0.1, 0.15) is 0 Å². The first kappa shape index (κ1) is 26.0. The summed E-state index contributed by atoms with van der Waals surface area (Å²) in [7, 11) is 0. The molecular formula is C39H33N3. The third-order valence-electron chi connectivity index (χ3n) is 8.37. The number of aromatic nitrogens is 3. The summed E-state index contributed by atoms with van der Waals surface area (Å²) in [6, 6.07) is 29.9. The predicted octanol–water partition coefficient (Wildman–Crippen LogP) is 10.2. The first-order valence-corrected chi connectivity index (χ1v) is 14.9. The average molecular weight is 544 g/mol. The highest BCUT2D eigenvalue weighted by Gasteiger charge is 2.22. The molecule has 3 heteroatoms. The minimum absolute atomic E-state index is 0.701. The van der Waals surface area contributed by atoms with Crippen molar-refractivity contribution in [1.29, 1.82) is 0 Å². The van der Waals surface area contributed by atoms with Crippen LogP contribution in [0.5, 0.6) is 0 Å². The molecule has 4 aromatic carbocycles. The maximum Gasteiger partial charge on any atom is 0.164 e. The van der Waals surface area contributed by atoms with Gasteiger partial charge in [0.2, 0.25) is 0 Å². The van der Waals surface area contributed by atoms with E-state index in [0.717, 1.165) is 53.6 Å². The van der Waals surface area contributed by atoms with Crippen LogP contribution in [-0.2, 0) is 0 Å². The van der Waals surface area contributed by atoms with E-state index >= 15 is 0 Å². The Balaban J connectivity index is 1.38. The number of fused-ring (bicyclic) bond motifs is 1.